The summed E-state index contributed by atoms with van der Waals surface area (Å²) in [7, 11) is 0. The second-order valence-corrected chi connectivity index (χ2v) is 13.1. The summed E-state index contributed by atoms with van der Waals surface area (Å²) < 4.78 is 10.3. The van der Waals surface area contributed by atoms with Crippen molar-refractivity contribution in [3.8, 4) is 0 Å². The Labute approximate surface area is 255 Å². The molecule has 41 heavy (non-hydrogen) atoms. The SMILES string of the molecule is CCC(C)CCCCCCCCCCC(=O)OC[C@H](O)COC(=O)CCCCCCCCCCCCCCC(C)C. The van der Waals surface area contributed by atoms with Crippen molar-refractivity contribution in [3.05, 3.63) is 0 Å². The summed E-state index contributed by atoms with van der Waals surface area (Å²) in [6, 6.07) is 0. The molecule has 2 atom stereocenters. The number of unbranched alkanes of at least 4 members (excludes halogenated alkanes) is 18. The van der Waals surface area contributed by atoms with Gasteiger partial charge >= 0.3 is 11.9 Å². The Morgan fingerprint density at radius 1 is 0.512 bits per heavy atom. The van der Waals surface area contributed by atoms with Gasteiger partial charge in [0.1, 0.15) is 19.3 Å². The molecule has 1 N–H and O–H groups in total. The summed E-state index contributed by atoms with van der Waals surface area (Å²) in [5, 5.41) is 9.97. The van der Waals surface area contributed by atoms with Crippen LogP contribution in [0.4, 0.5) is 0 Å². The molecule has 5 nitrogen and oxygen atoms in total. The maximum atomic E-state index is 11.9. The summed E-state index contributed by atoms with van der Waals surface area (Å²) in [6.45, 7) is 8.99. The van der Waals surface area contributed by atoms with Crippen LogP contribution in [-0.4, -0.2) is 36.4 Å². The van der Waals surface area contributed by atoms with E-state index in [0.717, 1.165) is 43.9 Å². The first-order valence-corrected chi connectivity index (χ1v) is 17.8. The molecule has 5 heteroatoms. The number of esters is 2. The highest BCUT2D eigenvalue weighted by molar-refractivity contribution is 5.69. The Morgan fingerprint density at radius 2 is 0.829 bits per heavy atom. The minimum absolute atomic E-state index is 0.110. The van der Waals surface area contributed by atoms with E-state index < -0.39 is 6.10 Å². The van der Waals surface area contributed by atoms with Gasteiger partial charge in [0, 0.05) is 12.8 Å². The molecule has 0 aliphatic rings. The summed E-state index contributed by atoms with van der Waals surface area (Å²) in [6.07, 6.45) is 28.6. The number of aliphatic hydroxyl groups is 1. The Morgan fingerprint density at radius 3 is 1.17 bits per heavy atom. The third kappa shape index (κ3) is 31.7. The molecule has 0 aromatic carbocycles. The van der Waals surface area contributed by atoms with Crippen molar-refractivity contribution in [2.24, 2.45) is 11.8 Å². The number of ether oxygens (including phenoxy) is 2. The van der Waals surface area contributed by atoms with Crippen LogP contribution in [0.3, 0.4) is 0 Å². The Bertz CT molecular complexity index is 576. The Hall–Kier alpha value is -1.10. The minimum atomic E-state index is -0.955. The van der Waals surface area contributed by atoms with E-state index in [-0.39, 0.29) is 25.2 Å². The summed E-state index contributed by atoms with van der Waals surface area (Å²) in [5.41, 5.74) is 0. The number of aliphatic hydroxyl groups excluding tert-OH is 1. The van der Waals surface area contributed by atoms with Crippen LogP contribution >= 0.6 is 0 Å². The molecule has 0 aliphatic carbocycles. The molecule has 0 rings (SSSR count). The van der Waals surface area contributed by atoms with Gasteiger partial charge < -0.3 is 14.6 Å². The van der Waals surface area contributed by atoms with E-state index in [4.69, 9.17) is 9.47 Å². The van der Waals surface area contributed by atoms with Crippen molar-refractivity contribution in [1.82, 2.24) is 0 Å². The highest BCUT2D eigenvalue weighted by Gasteiger charge is 2.12. The molecule has 0 aliphatic heterocycles. The number of hydrogen-bond donors (Lipinski definition) is 1. The number of hydrogen-bond acceptors (Lipinski definition) is 5. The van der Waals surface area contributed by atoms with E-state index in [1.165, 1.54) is 116 Å². The van der Waals surface area contributed by atoms with Gasteiger partial charge in [-0.3, -0.25) is 9.59 Å². The molecular weight excluding hydrogens is 512 g/mol. The Balaban J connectivity index is 3.42. The van der Waals surface area contributed by atoms with Gasteiger partial charge in [-0.15, -0.1) is 0 Å². The van der Waals surface area contributed by atoms with Gasteiger partial charge in [0.2, 0.25) is 0 Å². The zero-order chi connectivity index (χ0) is 30.4. The predicted octanol–water partition coefficient (Wildman–Crippen LogP) is 10.5. The zero-order valence-corrected chi connectivity index (χ0v) is 27.9. The molecule has 0 fully saturated rings. The van der Waals surface area contributed by atoms with Crippen LogP contribution in [0.2, 0.25) is 0 Å². The lowest BCUT2D eigenvalue weighted by Gasteiger charge is -2.12. The number of carbonyl (C=O) groups is 2. The lowest BCUT2D eigenvalue weighted by molar-refractivity contribution is -0.152. The first kappa shape index (κ1) is 39.9. The van der Waals surface area contributed by atoms with Crippen LogP contribution in [-0.2, 0) is 19.1 Å². The monoisotopic (exact) mass is 583 g/mol. The third-order valence-electron chi connectivity index (χ3n) is 8.31. The Kier molecular flexibility index (Phi) is 29.5. The molecule has 0 saturated carbocycles. The van der Waals surface area contributed by atoms with Gasteiger partial charge in [0.15, 0.2) is 0 Å². The molecular formula is C36H70O5. The molecule has 0 saturated heterocycles. The molecule has 0 aromatic heterocycles. The van der Waals surface area contributed by atoms with Crippen molar-refractivity contribution in [3.63, 3.8) is 0 Å². The molecule has 0 bridgehead atoms. The average molecular weight is 583 g/mol. The lowest BCUT2D eigenvalue weighted by atomic mass is 9.99. The van der Waals surface area contributed by atoms with Crippen LogP contribution in [0, 0.1) is 11.8 Å². The molecule has 0 heterocycles. The highest BCUT2D eigenvalue weighted by Crippen LogP contribution is 2.16. The molecule has 0 amide bonds. The van der Waals surface area contributed by atoms with Crippen molar-refractivity contribution in [1.29, 1.82) is 0 Å². The number of rotatable bonds is 31. The molecule has 244 valence electrons. The van der Waals surface area contributed by atoms with Gasteiger partial charge in [-0.1, -0.05) is 163 Å². The summed E-state index contributed by atoms with van der Waals surface area (Å²) >= 11 is 0. The van der Waals surface area contributed by atoms with Crippen molar-refractivity contribution >= 4 is 11.9 Å². The first-order chi connectivity index (χ1) is 19.8. The lowest BCUT2D eigenvalue weighted by Crippen LogP contribution is -2.25. The van der Waals surface area contributed by atoms with Crippen molar-refractivity contribution in [2.45, 2.75) is 194 Å². The van der Waals surface area contributed by atoms with Crippen molar-refractivity contribution in [2.75, 3.05) is 13.2 Å². The normalized spacial score (nSPS) is 12.9. The van der Waals surface area contributed by atoms with E-state index in [1.807, 2.05) is 0 Å². The van der Waals surface area contributed by atoms with Gasteiger partial charge in [-0.2, -0.15) is 0 Å². The predicted molar refractivity (Wildman–Crippen MR) is 173 cm³/mol. The standard InChI is InChI=1S/C36H70O5/c1-5-33(4)27-23-19-15-12-13-17-21-25-29-36(39)41-31-34(37)30-40-35(38)28-24-20-16-11-9-7-6-8-10-14-18-22-26-32(2)3/h32-34,37H,5-31H2,1-4H3/t33?,34-/m1/s1. The molecule has 0 spiro atoms. The summed E-state index contributed by atoms with van der Waals surface area (Å²) in [4.78, 5) is 23.8. The smallest absolute Gasteiger partial charge is 0.305 e. The second kappa shape index (κ2) is 30.4. The van der Waals surface area contributed by atoms with Gasteiger partial charge in [0.05, 0.1) is 0 Å². The zero-order valence-electron chi connectivity index (χ0n) is 27.9. The van der Waals surface area contributed by atoms with Crippen LogP contribution in [0.5, 0.6) is 0 Å². The maximum absolute atomic E-state index is 11.9. The van der Waals surface area contributed by atoms with Crippen molar-refractivity contribution < 1.29 is 24.2 Å². The molecule has 1 unspecified atom stereocenters. The van der Waals surface area contributed by atoms with Crippen LogP contribution < -0.4 is 0 Å². The van der Waals surface area contributed by atoms with Gasteiger partial charge in [-0.25, -0.2) is 0 Å². The average Bonchev–Trinajstić information content (AvgIpc) is 2.95. The number of carbonyl (C=O) groups excluding carboxylic acids is 2. The first-order valence-electron chi connectivity index (χ1n) is 17.8. The molecule has 0 radical (unpaired) electrons. The van der Waals surface area contributed by atoms with E-state index in [1.54, 1.807) is 0 Å². The largest absolute Gasteiger partial charge is 0.463 e. The summed E-state index contributed by atoms with van der Waals surface area (Å²) in [5.74, 6) is 1.14. The van der Waals surface area contributed by atoms with E-state index in [2.05, 4.69) is 27.7 Å². The van der Waals surface area contributed by atoms with E-state index in [0.29, 0.717) is 12.8 Å². The second-order valence-electron chi connectivity index (χ2n) is 13.1. The van der Waals surface area contributed by atoms with Crippen LogP contribution in [0.25, 0.3) is 0 Å². The fraction of sp³-hybridized carbons (Fsp3) is 0.944. The minimum Gasteiger partial charge on any atom is -0.463 e. The third-order valence-corrected chi connectivity index (χ3v) is 8.31. The fourth-order valence-corrected chi connectivity index (χ4v) is 5.19. The van der Waals surface area contributed by atoms with Crippen LogP contribution in [0.1, 0.15) is 188 Å². The highest BCUT2D eigenvalue weighted by atomic mass is 16.6. The maximum Gasteiger partial charge on any atom is 0.305 e. The van der Waals surface area contributed by atoms with E-state index in [9.17, 15) is 14.7 Å². The van der Waals surface area contributed by atoms with Gasteiger partial charge in [0.25, 0.3) is 0 Å². The van der Waals surface area contributed by atoms with Crippen LogP contribution in [0.15, 0.2) is 0 Å². The molecule has 0 aromatic rings. The topological polar surface area (TPSA) is 72.8 Å². The van der Waals surface area contributed by atoms with E-state index >= 15 is 0 Å². The fourth-order valence-electron chi connectivity index (χ4n) is 5.19. The van der Waals surface area contributed by atoms with Gasteiger partial charge in [-0.05, 0) is 24.7 Å². The quantitative estimate of drug-likeness (QED) is 0.0650.